The van der Waals surface area contributed by atoms with Crippen molar-refractivity contribution < 1.29 is 0 Å². The Morgan fingerprint density at radius 2 is 2.15 bits per heavy atom. The number of aromatic nitrogens is 4. The van der Waals surface area contributed by atoms with Crippen molar-refractivity contribution in [2.24, 2.45) is 7.05 Å². The molecule has 2 aromatic heterocycles. The van der Waals surface area contributed by atoms with Gasteiger partial charge in [0.1, 0.15) is 12.1 Å². The van der Waals surface area contributed by atoms with E-state index in [1.54, 1.807) is 10.9 Å². The van der Waals surface area contributed by atoms with E-state index in [1.807, 2.05) is 31.3 Å². The predicted molar refractivity (Wildman–Crippen MR) is 79.8 cm³/mol. The lowest BCUT2D eigenvalue weighted by molar-refractivity contribution is 0.785. The van der Waals surface area contributed by atoms with Gasteiger partial charge in [-0.1, -0.05) is 23.7 Å². The first-order valence-electron chi connectivity index (χ1n) is 6.30. The minimum atomic E-state index is 0.0898. The van der Waals surface area contributed by atoms with Gasteiger partial charge in [-0.3, -0.25) is 4.68 Å². The molecule has 0 aliphatic rings. The van der Waals surface area contributed by atoms with Gasteiger partial charge in [0.05, 0.1) is 17.6 Å². The first-order chi connectivity index (χ1) is 9.65. The Labute approximate surface area is 121 Å². The maximum Gasteiger partial charge on any atom is 0.163 e. The van der Waals surface area contributed by atoms with E-state index in [0.717, 1.165) is 27.4 Å². The van der Waals surface area contributed by atoms with Gasteiger partial charge in [0.15, 0.2) is 5.65 Å². The molecule has 3 rings (SSSR count). The highest BCUT2D eigenvalue weighted by atomic mass is 35.5. The van der Waals surface area contributed by atoms with Crippen LogP contribution in [0.15, 0.2) is 36.8 Å². The second kappa shape index (κ2) is 5.09. The van der Waals surface area contributed by atoms with Gasteiger partial charge in [-0.05, 0) is 24.6 Å². The Bertz CT molecular complexity index is 752. The molecular formula is C14H14ClN5. The molecule has 1 unspecified atom stereocenters. The van der Waals surface area contributed by atoms with Gasteiger partial charge in [-0.15, -0.1) is 0 Å². The van der Waals surface area contributed by atoms with Gasteiger partial charge in [0, 0.05) is 12.1 Å². The van der Waals surface area contributed by atoms with Gasteiger partial charge in [-0.2, -0.15) is 5.10 Å². The van der Waals surface area contributed by atoms with Crippen molar-refractivity contribution in [3.05, 3.63) is 47.4 Å². The van der Waals surface area contributed by atoms with Gasteiger partial charge < -0.3 is 5.32 Å². The minimum absolute atomic E-state index is 0.0898. The zero-order valence-corrected chi connectivity index (χ0v) is 12.0. The summed E-state index contributed by atoms with van der Waals surface area (Å²) in [5.41, 5.74) is 1.91. The molecule has 6 heteroatoms. The van der Waals surface area contributed by atoms with Crippen LogP contribution in [0.4, 0.5) is 5.82 Å². The molecule has 0 fully saturated rings. The van der Waals surface area contributed by atoms with Crippen LogP contribution in [-0.2, 0) is 7.05 Å². The lowest BCUT2D eigenvalue weighted by Crippen LogP contribution is -2.08. The zero-order valence-electron chi connectivity index (χ0n) is 11.2. The minimum Gasteiger partial charge on any atom is -0.363 e. The molecular weight excluding hydrogens is 274 g/mol. The summed E-state index contributed by atoms with van der Waals surface area (Å²) in [5, 5.41) is 9.22. The third-order valence-electron chi connectivity index (χ3n) is 3.23. The van der Waals surface area contributed by atoms with E-state index in [1.165, 1.54) is 6.33 Å². The smallest absolute Gasteiger partial charge is 0.163 e. The van der Waals surface area contributed by atoms with Crippen LogP contribution in [0, 0.1) is 0 Å². The van der Waals surface area contributed by atoms with Crippen molar-refractivity contribution in [2.45, 2.75) is 13.0 Å². The average molecular weight is 288 g/mol. The fourth-order valence-corrected chi connectivity index (χ4v) is 2.34. The van der Waals surface area contributed by atoms with Crippen LogP contribution in [0.2, 0.25) is 5.02 Å². The number of hydrogen-bond acceptors (Lipinski definition) is 4. The summed E-state index contributed by atoms with van der Waals surface area (Å²) in [4.78, 5) is 8.52. The monoisotopic (exact) mass is 287 g/mol. The number of hydrogen-bond donors (Lipinski definition) is 1. The first kappa shape index (κ1) is 12.9. The Balaban J connectivity index is 1.93. The highest BCUT2D eigenvalue weighted by Crippen LogP contribution is 2.24. The summed E-state index contributed by atoms with van der Waals surface area (Å²) in [7, 11) is 1.86. The van der Waals surface area contributed by atoms with Crippen LogP contribution in [0.5, 0.6) is 0 Å². The summed E-state index contributed by atoms with van der Waals surface area (Å²) >= 11 is 6.02. The van der Waals surface area contributed by atoms with Crippen molar-refractivity contribution in [1.82, 2.24) is 19.7 Å². The van der Waals surface area contributed by atoms with Crippen LogP contribution in [0.25, 0.3) is 11.0 Å². The number of nitrogens with zero attached hydrogens (tertiary/aromatic N) is 4. The number of aryl methyl sites for hydroxylation is 1. The van der Waals surface area contributed by atoms with E-state index in [9.17, 15) is 0 Å². The molecule has 1 aromatic carbocycles. The summed E-state index contributed by atoms with van der Waals surface area (Å²) in [5.74, 6) is 0.774. The van der Waals surface area contributed by atoms with Crippen LogP contribution in [0.1, 0.15) is 18.5 Å². The highest BCUT2D eigenvalue weighted by Gasteiger charge is 2.11. The largest absolute Gasteiger partial charge is 0.363 e. The molecule has 0 spiro atoms. The number of halogens is 1. The van der Waals surface area contributed by atoms with Crippen LogP contribution in [-0.4, -0.2) is 19.7 Å². The lowest BCUT2D eigenvalue weighted by atomic mass is 10.1. The second-order valence-corrected chi connectivity index (χ2v) is 5.09. The topological polar surface area (TPSA) is 55.6 Å². The average Bonchev–Trinajstić information content (AvgIpc) is 2.82. The van der Waals surface area contributed by atoms with E-state index in [-0.39, 0.29) is 6.04 Å². The number of benzene rings is 1. The van der Waals surface area contributed by atoms with Crippen molar-refractivity contribution in [2.75, 3.05) is 5.32 Å². The third kappa shape index (κ3) is 2.32. The summed E-state index contributed by atoms with van der Waals surface area (Å²) in [6.07, 6.45) is 3.30. The fraction of sp³-hybridized carbons (Fsp3) is 0.214. The molecule has 0 saturated carbocycles. The molecule has 0 bridgehead atoms. The molecule has 3 aromatic rings. The SMILES string of the molecule is CC(Nc1ncnc2c1cnn2C)c1cccc(Cl)c1. The van der Waals surface area contributed by atoms with Gasteiger partial charge in [0.2, 0.25) is 0 Å². The quantitative estimate of drug-likeness (QED) is 0.804. The number of fused-ring (bicyclic) bond motifs is 1. The first-order valence-corrected chi connectivity index (χ1v) is 6.67. The van der Waals surface area contributed by atoms with E-state index in [0.29, 0.717) is 0 Å². The normalized spacial score (nSPS) is 12.6. The molecule has 0 amide bonds. The van der Waals surface area contributed by atoms with Crippen LogP contribution < -0.4 is 5.32 Å². The molecule has 0 aliphatic heterocycles. The molecule has 0 saturated heterocycles. The molecule has 1 atom stereocenters. The van der Waals surface area contributed by atoms with Crippen molar-refractivity contribution in [3.8, 4) is 0 Å². The van der Waals surface area contributed by atoms with E-state index < -0.39 is 0 Å². The van der Waals surface area contributed by atoms with Crippen molar-refractivity contribution in [1.29, 1.82) is 0 Å². The van der Waals surface area contributed by atoms with E-state index in [4.69, 9.17) is 11.6 Å². The Hall–Kier alpha value is -2.14. The van der Waals surface area contributed by atoms with Crippen LogP contribution >= 0.6 is 11.6 Å². The number of anilines is 1. The highest BCUT2D eigenvalue weighted by molar-refractivity contribution is 6.30. The van der Waals surface area contributed by atoms with Gasteiger partial charge >= 0.3 is 0 Å². The van der Waals surface area contributed by atoms with E-state index in [2.05, 4.69) is 27.3 Å². The molecule has 102 valence electrons. The van der Waals surface area contributed by atoms with Gasteiger partial charge in [-0.25, -0.2) is 9.97 Å². The van der Waals surface area contributed by atoms with E-state index >= 15 is 0 Å². The Morgan fingerprint density at radius 1 is 1.30 bits per heavy atom. The van der Waals surface area contributed by atoms with Crippen LogP contribution in [0.3, 0.4) is 0 Å². The van der Waals surface area contributed by atoms with Crippen molar-refractivity contribution >= 4 is 28.5 Å². The summed E-state index contributed by atoms with van der Waals surface area (Å²) in [6.45, 7) is 2.07. The maximum absolute atomic E-state index is 6.02. The number of rotatable bonds is 3. The zero-order chi connectivity index (χ0) is 14.1. The molecule has 0 aliphatic carbocycles. The summed E-state index contributed by atoms with van der Waals surface area (Å²) < 4.78 is 1.73. The second-order valence-electron chi connectivity index (χ2n) is 4.65. The summed E-state index contributed by atoms with van der Waals surface area (Å²) in [6, 6.07) is 7.87. The fourth-order valence-electron chi connectivity index (χ4n) is 2.14. The Kier molecular flexibility index (Phi) is 3.28. The standard InChI is InChI=1S/C14H14ClN5/c1-9(10-4-3-5-11(15)6-10)19-13-12-7-18-20(2)14(12)17-8-16-13/h3-9H,1-2H3,(H,16,17,19). The molecule has 20 heavy (non-hydrogen) atoms. The third-order valence-corrected chi connectivity index (χ3v) is 3.47. The predicted octanol–water partition coefficient (Wildman–Crippen LogP) is 3.19. The lowest BCUT2D eigenvalue weighted by Gasteiger charge is -2.15. The molecule has 0 radical (unpaired) electrons. The molecule has 5 nitrogen and oxygen atoms in total. The van der Waals surface area contributed by atoms with Gasteiger partial charge in [0.25, 0.3) is 0 Å². The molecule has 1 N–H and O–H groups in total. The maximum atomic E-state index is 6.02. The Morgan fingerprint density at radius 3 is 2.95 bits per heavy atom. The molecule has 2 heterocycles. The van der Waals surface area contributed by atoms with Crippen molar-refractivity contribution in [3.63, 3.8) is 0 Å². The number of nitrogens with one attached hydrogen (secondary N) is 1.